The summed E-state index contributed by atoms with van der Waals surface area (Å²) in [6.07, 6.45) is 7.98. The first-order valence-corrected chi connectivity index (χ1v) is 25.9. The van der Waals surface area contributed by atoms with Crippen LogP contribution >= 0.6 is 54.5 Å². The average molecular weight is 1160 g/mol. The van der Waals surface area contributed by atoms with Gasteiger partial charge in [0.15, 0.2) is 0 Å². The van der Waals surface area contributed by atoms with Crippen molar-refractivity contribution in [3.63, 3.8) is 0 Å². The van der Waals surface area contributed by atoms with Crippen molar-refractivity contribution in [1.29, 1.82) is 0 Å². The molecule has 9 heteroatoms. The standard InChI is InChI=1S/C31H20BrN3.C25H16BrN3.C6H5I/c32-22-12-14-30-27(20-22)25-13-15-29-26(31(25)35(30)23-8-2-1-3-9-23)16-18-34(29)24-10-6-7-21(19-24)28-11-4-5-17-33-28;26-17-7-9-23-21(15-17)19-8-10-24-20(25(19)28-23)11-13-29(24)18-5-3-4-16(14-18)22-6-1-2-12-27-22;7-6-4-2-1-3-5-6/h1-20H;1-15,28H;1-5H. The van der Waals surface area contributed by atoms with Crippen LogP contribution in [-0.4, -0.2) is 28.7 Å². The van der Waals surface area contributed by atoms with Gasteiger partial charge < -0.3 is 18.7 Å². The van der Waals surface area contributed by atoms with Crippen molar-refractivity contribution in [2.45, 2.75) is 0 Å². The van der Waals surface area contributed by atoms with Crippen LogP contribution in [0.4, 0.5) is 0 Å². The summed E-state index contributed by atoms with van der Waals surface area (Å²) in [7, 11) is 0. The van der Waals surface area contributed by atoms with E-state index in [0.717, 1.165) is 54.0 Å². The van der Waals surface area contributed by atoms with Gasteiger partial charge in [0.2, 0.25) is 0 Å². The maximum absolute atomic E-state index is 4.53. The molecule has 14 aromatic rings. The van der Waals surface area contributed by atoms with E-state index in [2.05, 4.69) is 259 Å². The van der Waals surface area contributed by atoms with Crippen molar-refractivity contribution in [3.8, 4) is 39.6 Å². The molecule has 14 rings (SSSR count). The second-order valence-corrected chi connectivity index (χ2v) is 20.2. The first-order valence-electron chi connectivity index (χ1n) is 23.2. The lowest BCUT2D eigenvalue weighted by Crippen LogP contribution is -1.95. The summed E-state index contributed by atoms with van der Waals surface area (Å²) in [6, 6.07) is 76.2. The fourth-order valence-electron chi connectivity index (χ4n) is 9.67. The molecule has 6 nitrogen and oxygen atoms in total. The number of para-hydroxylation sites is 1. The van der Waals surface area contributed by atoms with E-state index in [4.69, 9.17) is 0 Å². The van der Waals surface area contributed by atoms with Crippen LogP contribution in [0.3, 0.4) is 0 Å². The fraction of sp³-hybridized carbons (Fsp3) is 0. The average Bonchev–Trinajstić information content (AvgIpc) is 4.22. The van der Waals surface area contributed by atoms with Crippen molar-refractivity contribution in [1.82, 2.24) is 28.7 Å². The normalized spacial score (nSPS) is 11.3. The Labute approximate surface area is 440 Å². The van der Waals surface area contributed by atoms with Crippen molar-refractivity contribution < 1.29 is 0 Å². The van der Waals surface area contributed by atoms with E-state index in [9.17, 15) is 0 Å². The number of benzene rings is 8. The number of rotatable bonds is 5. The van der Waals surface area contributed by atoms with E-state index < -0.39 is 0 Å². The number of pyridine rings is 2. The third kappa shape index (κ3) is 8.64. The van der Waals surface area contributed by atoms with Gasteiger partial charge in [0.25, 0.3) is 0 Å². The lowest BCUT2D eigenvalue weighted by Gasteiger charge is -2.10. The van der Waals surface area contributed by atoms with E-state index in [1.54, 1.807) is 0 Å². The highest BCUT2D eigenvalue weighted by molar-refractivity contribution is 14.1. The summed E-state index contributed by atoms with van der Waals surface area (Å²) in [5, 5.41) is 7.41. The minimum atomic E-state index is 0.975. The maximum Gasteiger partial charge on any atom is 0.0702 e. The summed E-state index contributed by atoms with van der Waals surface area (Å²) in [6.45, 7) is 0. The zero-order chi connectivity index (χ0) is 47.8. The molecular weight excluding hydrogens is 1120 g/mol. The lowest BCUT2D eigenvalue weighted by atomic mass is 10.1. The van der Waals surface area contributed by atoms with Crippen LogP contribution in [-0.2, 0) is 0 Å². The van der Waals surface area contributed by atoms with Gasteiger partial charge in [-0.1, -0.05) is 117 Å². The lowest BCUT2D eigenvalue weighted by molar-refractivity contribution is 1.13. The predicted molar refractivity (Wildman–Crippen MR) is 311 cm³/mol. The smallest absolute Gasteiger partial charge is 0.0702 e. The summed E-state index contributed by atoms with van der Waals surface area (Å²) < 4.78 is 10.4. The monoisotopic (exact) mass is 1150 g/mol. The van der Waals surface area contributed by atoms with Crippen molar-refractivity contribution in [3.05, 3.63) is 256 Å². The number of H-pyrrole nitrogens is 1. The van der Waals surface area contributed by atoms with Crippen molar-refractivity contribution in [2.75, 3.05) is 0 Å². The molecule has 1 N–H and O–H groups in total. The maximum atomic E-state index is 4.53. The van der Waals surface area contributed by atoms with Crippen molar-refractivity contribution >= 4 is 120 Å². The fourth-order valence-corrected chi connectivity index (χ4v) is 10.8. The Bertz CT molecular complexity index is 4200. The van der Waals surface area contributed by atoms with Gasteiger partial charge in [-0.3, -0.25) is 9.97 Å². The number of aromatic amines is 1. The first kappa shape index (κ1) is 44.6. The number of halogens is 3. The molecule has 0 saturated carbocycles. The molecule has 8 aromatic carbocycles. The predicted octanol–water partition coefficient (Wildman–Crippen LogP) is 17.9. The van der Waals surface area contributed by atoms with E-state index >= 15 is 0 Å². The zero-order valence-corrected chi connectivity index (χ0v) is 43.3. The molecule has 0 aliphatic carbocycles. The molecule has 0 spiro atoms. The number of nitrogens with one attached hydrogen (secondary N) is 1. The van der Waals surface area contributed by atoms with Gasteiger partial charge in [0.05, 0.1) is 39.0 Å². The Morgan fingerprint density at radius 2 is 0.930 bits per heavy atom. The molecule has 0 bridgehead atoms. The molecule has 0 aliphatic heterocycles. The van der Waals surface area contributed by atoms with Crippen LogP contribution < -0.4 is 0 Å². The zero-order valence-electron chi connectivity index (χ0n) is 38.0. The Balaban J connectivity index is 0.000000130. The van der Waals surface area contributed by atoms with Gasteiger partial charge in [-0.15, -0.1) is 0 Å². The Hall–Kier alpha value is -7.57. The van der Waals surface area contributed by atoms with E-state index in [-0.39, 0.29) is 0 Å². The molecule has 0 atom stereocenters. The van der Waals surface area contributed by atoms with E-state index in [1.165, 1.54) is 63.5 Å². The van der Waals surface area contributed by atoms with Gasteiger partial charge >= 0.3 is 0 Å². The van der Waals surface area contributed by atoms with Gasteiger partial charge in [0.1, 0.15) is 0 Å². The van der Waals surface area contributed by atoms with Crippen LogP contribution in [0.25, 0.3) is 105 Å². The van der Waals surface area contributed by atoms with E-state index in [0.29, 0.717) is 0 Å². The molecule has 0 saturated heterocycles. The largest absolute Gasteiger partial charge is 0.354 e. The van der Waals surface area contributed by atoms with Gasteiger partial charge in [-0.25, -0.2) is 0 Å². The molecule has 0 amide bonds. The summed E-state index contributed by atoms with van der Waals surface area (Å²) in [5.41, 5.74) is 14.7. The third-order valence-corrected chi connectivity index (χ3v) is 14.6. The molecule has 340 valence electrons. The second kappa shape index (κ2) is 19.3. The minimum Gasteiger partial charge on any atom is -0.354 e. The highest BCUT2D eigenvalue weighted by Crippen LogP contribution is 2.39. The molecule has 6 aromatic heterocycles. The molecule has 0 aliphatic rings. The van der Waals surface area contributed by atoms with E-state index in [1.807, 2.05) is 67.0 Å². The van der Waals surface area contributed by atoms with Crippen LogP contribution in [0.5, 0.6) is 0 Å². The first-order chi connectivity index (χ1) is 34.9. The number of nitrogens with zero attached hydrogens (tertiary/aromatic N) is 5. The number of fused-ring (bicyclic) bond motifs is 10. The third-order valence-electron chi connectivity index (χ3n) is 12.9. The Kier molecular flexibility index (Phi) is 12.1. The highest BCUT2D eigenvalue weighted by Gasteiger charge is 2.18. The van der Waals surface area contributed by atoms with Crippen molar-refractivity contribution in [2.24, 2.45) is 0 Å². The molecule has 6 heterocycles. The topological polar surface area (TPSA) is 56.4 Å². The Morgan fingerprint density at radius 1 is 0.394 bits per heavy atom. The summed E-state index contributed by atoms with van der Waals surface area (Å²) >= 11 is 9.55. The number of aromatic nitrogens is 6. The van der Waals surface area contributed by atoms with Crippen LogP contribution in [0.1, 0.15) is 0 Å². The highest BCUT2D eigenvalue weighted by atomic mass is 127. The SMILES string of the molecule is Brc1ccc2[nH]c3c(ccc4c3ccn4-c3cccc(-c4ccccn4)c3)c2c1.Brc1ccc2c(c1)c1ccc3c(ccn3-c3cccc(-c4ccccn4)c3)c1n2-c1ccccc1.Ic1ccccc1. The molecule has 0 fully saturated rings. The molecule has 0 radical (unpaired) electrons. The van der Waals surface area contributed by atoms with Gasteiger partial charge in [-0.05, 0) is 156 Å². The second-order valence-electron chi connectivity index (χ2n) is 17.2. The Morgan fingerprint density at radius 3 is 1.54 bits per heavy atom. The molecule has 71 heavy (non-hydrogen) atoms. The summed E-state index contributed by atoms with van der Waals surface area (Å²) in [5.74, 6) is 0. The molecule has 0 unspecified atom stereocenters. The number of hydrogen-bond donors (Lipinski definition) is 1. The quantitative estimate of drug-likeness (QED) is 0.175. The van der Waals surface area contributed by atoms with Crippen LogP contribution in [0.2, 0.25) is 0 Å². The van der Waals surface area contributed by atoms with Crippen LogP contribution in [0.15, 0.2) is 252 Å². The van der Waals surface area contributed by atoms with Gasteiger partial charge in [-0.2, -0.15) is 0 Å². The minimum absolute atomic E-state index is 0.975. The summed E-state index contributed by atoms with van der Waals surface area (Å²) in [4.78, 5) is 12.6. The van der Waals surface area contributed by atoms with Crippen LogP contribution in [0, 0.1) is 3.57 Å². The molecular formula is C62H41Br2IN6. The van der Waals surface area contributed by atoms with Gasteiger partial charge in [0, 0.05) is 103 Å². The number of hydrogen-bond acceptors (Lipinski definition) is 2.